The average molecular weight is 208 g/mol. The second-order valence-corrected chi connectivity index (χ2v) is 6.07. The number of rotatable bonds is 2. The van der Waals surface area contributed by atoms with E-state index in [4.69, 9.17) is 0 Å². The van der Waals surface area contributed by atoms with Gasteiger partial charge >= 0.3 is 0 Å². The number of nitrogens with one attached hydrogen (secondary N) is 1. The van der Waals surface area contributed by atoms with Gasteiger partial charge in [-0.1, -0.05) is 12.8 Å². The van der Waals surface area contributed by atoms with E-state index in [9.17, 15) is 0 Å². The third-order valence-corrected chi connectivity index (χ3v) is 4.76. The molecule has 3 fully saturated rings. The summed E-state index contributed by atoms with van der Waals surface area (Å²) in [7, 11) is 0. The molecule has 3 aliphatic rings. The third kappa shape index (κ3) is 2.07. The van der Waals surface area contributed by atoms with E-state index in [1.54, 1.807) is 0 Å². The summed E-state index contributed by atoms with van der Waals surface area (Å²) in [5, 5.41) is 3.45. The highest BCUT2D eigenvalue weighted by Gasteiger charge is 2.44. The summed E-state index contributed by atoms with van der Waals surface area (Å²) in [5.74, 6) is 0.991. The Bertz CT molecular complexity index is 207. The molecular formula is C13H24N2. The Kier molecular flexibility index (Phi) is 2.73. The summed E-state index contributed by atoms with van der Waals surface area (Å²) in [6.45, 7) is 6.75. The largest absolute Gasteiger partial charge is 0.317 e. The third-order valence-electron chi connectivity index (χ3n) is 4.76. The summed E-state index contributed by atoms with van der Waals surface area (Å²) in [6.07, 6.45) is 8.86. The number of hydrogen-bond acceptors (Lipinski definition) is 2. The molecule has 2 heteroatoms. The first-order chi connectivity index (χ1) is 7.36. The van der Waals surface area contributed by atoms with Crippen molar-refractivity contribution in [3.8, 4) is 0 Å². The van der Waals surface area contributed by atoms with Crippen molar-refractivity contribution in [2.24, 2.45) is 11.3 Å². The van der Waals surface area contributed by atoms with E-state index in [2.05, 4.69) is 10.2 Å². The zero-order valence-corrected chi connectivity index (χ0v) is 9.80. The van der Waals surface area contributed by atoms with Gasteiger partial charge in [0.15, 0.2) is 0 Å². The molecule has 0 bridgehead atoms. The Morgan fingerprint density at radius 2 is 1.73 bits per heavy atom. The fourth-order valence-electron chi connectivity index (χ4n) is 3.90. The highest BCUT2D eigenvalue weighted by Crippen LogP contribution is 2.45. The van der Waals surface area contributed by atoms with Gasteiger partial charge in [-0.15, -0.1) is 0 Å². The van der Waals surface area contributed by atoms with E-state index in [1.165, 1.54) is 71.2 Å². The van der Waals surface area contributed by atoms with Crippen LogP contribution in [0.3, 0.4) is 0 Å². The predicted octanol–water partition coefficient (Wildman–Crippen LogP) is 1.86. The van der Waals surface area contributed by atoms with E-state index < -0.39 is 0 Å². The number of likely N-dealkylation sites (tertiary alicyclic amines) is 1. The lowest BCUT2D eigenvalue weighted by atomic mass is 9.77. The summed E-state index contributed by atoms with van der Waals surface area (Å²) in [6, 6.07) is 0. The molecule has 0 atom stereocenters. The highest BCUT2D eigenvalue weighted by atomic mass is 15.2. The van der Waals surface area contributed by atoms with Crippen molar-refractivity contribution in [3.05, 3.63) is 0 Å². The highest BCUT2D eigenvalue weighted by molar-refractivity contribution is 4.98. The van der Waals surface area contributed by atoms with Gasteiger partial charge in [-0.05, 0) is 50.1 Å². The van der Waals surface area contributed by atoms with Crippen molar-refractivity contribution < 1.29 is 0 Å². The molecule has 86 valence electrons. The smallest absolute Gasteiger partial charge is 0.00506 e. The van der Waals surface area contributed by atoms with E-state index >= 15 is 0 Å². The maximum absolute atomic E-state index is 3.45. The van der Waals surface area contributed by atoms with Gasteiger partial charge in [0.25, 0.3) is 0 Å². The van der Waals surface area contributed by atoms with Crippen molar-refractivity contribution >= 4 is 0 Å². The molecule has 2 saturated heterocycles. The normalized spacial score (nSPS) is 32.0. The van der Waals surface area contributed by atoms with Crippen molar-refractivity contribution in [1.82, 2.24) is 10.2 Å². The molecular weight excluding hydrogens is 184 g/mol. The number of hydrogen-bond donors (Lipinski definition) is 1. The quantitative estimate of drug-likeness (QED) is 0.745. The predicted molar refractivity (Wildman–Crippen MR) is 62.9 cm³/mol. The van der Waals surface area contributed by atoms with Gasteiger partial charge in [-0.25, -0.2) is 0 Å². The first-order valence-electron chi connectivity index (χ1n) is 6.79. The van der Waals surface area contributed by atoms with E-state index in [-0.39, 0.29) is 0 Å². The number of nitrogens with zero attached hydrogens (tertiary/aromatic N) is 1. The lowest BCUT2D eigenvalue weighted by Gasteiger charge is -2.50. The maximum atomic E-state index is 3.45. The van der Waals surface area contributed by atoms with E-state index in [1.807, 2.05) is 0 Å². The Labute approximate surface area is 93.4 Å². The molecule has 0 amide bonds. The summed E-state index contributed by atoms with van der Waals surface area (Å²) in [4.78, 5) is 2.72. The lowest BCUT2D eigenvalue weighted by molar-refractivity contribution is -0.00778. The molecule has 1 aliphatic carbocycles. The van der Waals surface area contributed by atoms with Crippen LogP contribution in [0.25, 0.3) is 0 Å². The van der Waals surface area contributed by atoms with Crippen LogP contribution in [0.5, 0.6) is 0 Å². The fourth-order valence-corrected chi connectivity index (χ4v) is 3.90. The molecule has 1 saturated carbocycles. The van der Waals surface area contributed by atoms with Crippen molar-refractivity contribution in [3.63, 3.8) is 0 Å². The van der Waals surface area contributed by atoms with Gasteiger partial charge in [0.05, 0.1) is 0 Å². The van der Waals surface area contributed by atoms with Crippen LogP contribution in [0, 0.1) is 11.3 Å². The zero-order chi connectivity index (χ0) is 10.1. The molecule has 3 rings (SSSR count). The lowest BCUT2D eigenvalue weighted by Crippen LogP contribution is -2.56. The number of piperidine rings is 1. The summed E-state index contributed by atoms with van der Waals surface area (Å²) < 4.78 is 0. The molecule has 2 aliphatic heterocycles. The van der Waals surface area contributed by atoms with Crippen LogP contribution in [0.15, 0.2) is 0 Å². The second kappa shape index (κ2) is 4.06. The van der Waals surface area contributed by atoms with E-state index in [0.717, 1.165) is 11.3 Å². The zero-order valence-electron chi connectivity index (χ0n) is 9.80. The summed E-state index contributed by atoms with van der Waals surface area (Å²) >= 11 is 0. The van der Waals surface area contributed by atoms with Gasteiger partial charge in [0.2, 0.25) is 0 Å². The standard InChI is InChI=1S/C13H24N2/c1-2-6-13(5-1)10-15(11-13)9-12-3-7-14-8-4-12/h12,14H,1-11H2. The molecule has 0 aromatic heterocycles. The average Bonchev–Trinajstić information content (AvgIpc) is 2.68. The second-order valence-electron chi connectivity index (χ2n) is 6.07. The fraction of sp³-hybridized carbons (Fsp3) is 1.00. The minimum Gasteiger partial charge on any atom is -0.317 e. The maximum Gasteiger partial charge on any atom is 0.00506 e. The Balaban J connectivity index is 1.43. The molecule has 1 N–H and O–H groups in total. The van der Waals surface area contributed by atoms with Crippen LogP contribution in [-0.4, -0.2) is 37.6 Å². The van der Waals surface area contributed by atoms with Crippen LogP contribution in [0.2, 0.25) is 0 Å². The molecule has 0 unspecified atom stereocenters. The Morgan fingerprint density at radius 3 is 2.40 bits per heavy atom. The first-order valence-corrected chi connectivity index (χ1v) is 6.79. The topological polar surface area (TPSA) is 15.3 Å². The molecule has 2 nitrogen and oxygen atoms in total. The monoisotopic (exact) mass is 208 g/mol. The first kappa shape index (κ1) is 10.1. The molecule has 2 heterocycles. The van der Waals surface area contributed by atoms with Crippen LogP contribution in [-0.2, 0) is 0 Å². The van der Waals surface area contributed by atoms with Gasteiger partial charge in [0.1, 0.15) is 0 Å². The van der Waals surface area contributed by atoms with Crippen LogP contribution < -0.4 is 5.32 Å². The molecule has 15 heavy (non-hydrogen) atoms. The molecule has 0 radical (unpaired) electrons. The van der Waals surface area contributed by atoms with Crippen LogP contribution >= 0.6 is 0 Å². The van der Waals surface area contributed by atoms with Gasteiger partial charge in [0, 0.05) is 19.6 Å². The van der Waals surface area contributed by atoms with Crippen LogP contribution in [0.1, 0.15) is 38.5 Å². The molecule has 0 aromatic carbocycles. The van der Waals surface area contributed by atoms with Crippen molar-refractivity contribution in [2.45, 2.75) is 38.5 Å². The SMILES string of the molecule is C1CCC2(C1)CN(CC1CCNCC1)C2. The summed E-state index contributed by atoms with van der Waals surface area (Å²) in [5.41, 5.74) is 0.799. The van der Waals surface area contributed by atoms with Crippen molar-refractivity contribution in [2.75, 3.05) is 32.7 Å². The van der Waals surface area contributed by atoms with Crippen molar-refractivity contribution in [1.29, 1.82) is 0 Å². The minimum atomic E-state index is 0.799. The van der Waals surface area contributed by atoms with E-state index in [0.29, 0.717) is 0 Å². The Hall–Kier alpha value is -0.0800. The Morgan fingerprint density at radius 1 is 1.07 bits per heavy atom. The minimum absolute atomic E-state index is 0.799. The molecule has 0 aromatic rings. The van der Waals surface area contributed by atoms with Gasteiger partial charge in [-0.3, -0.25) is 0 Å². The van der Waals surface area contributed by atoms with Gasteiger partial charge < -0.3 is 10.2 Å². The van der Waals surface area contributed by atoms with Crippen LogP contribution in [0.4, 0.5) is 0 Å². The molecule has 1 spiro atoms. The van der Waals surface area contributed by atoms with Gasteiger partial charge in [-0.2, -0.15) is 0 Å².